The molecule has 0 aliphatic rings. The highest BCUT2D eigenvalue weighted by Gasteiger charge is 2.06. The number of amides is 1. The number of aromatic nitrogens is 3. The topological polar surface area (TPSA) is 85.8 Å². The van der Waals surface area contributed by atoms with Crippen LogP contribution in [0.15, 0.2) is 30.7 Å². The Hall–Kier alpha value is -2.37. The van der Waals surface area contributed by atoms with Gasteiger partial charge in [-0.05, 0) is 12.1 Å². The Morgan fingerprint density at radius 1 is 1.44 bits per heavy atom. The van der Waals surface area contributed by atoms with Crippen molar-refractivity contribution in [3.05, 3.63) is 42.1 Å². The quantitative estimate of drug-likeness (QED) is 0.814. The number of aryl methyl sites for hydroxylation is 1. The Morgan fingerprint density at radius 2 is 2.28 bits per heavy atom. The third-order valence-electron chi connectivity index (χ3n) is 2.60. The number of rotatable bonds is 4. The zero-order valence-corrected chi connectivity index (χ0v) is 10.1. The predicted molar refractivity (Wildman–Crippen MR) is 67.9 cm³/mol. The summed E-state index contributed by atoms with van der Waals surface area (Å²) in [6, 6.07) is 3.26. The van der Waals surface area contributed by atoms with Crippen LogP contribution in [0.1, 0.15) is 16.2 Å². The molecule has 0 fully saturated rings. The number of nitrogens with one attached hydrogen (secondary N) is 1. The van der Waals surface area contributed by atoms with Gasteiger partial charge >= 0.3 is 0 Å². The summed E-state index contributed by atoms with van der Waals surface area (Å²) < 4.78 is 1.93. The molecule has 0 aliphatic heterocycles. The molecule has 0 saturated carbocycles. The Labute approximate surface area is 105 Å². The Kier molecular flexibility index (Phi) is 3.57. The van der Waals surface area contributed by atoms with Crippen LogP contribution in [0.3, 0.4) is 0 Å². The minimum Gasteiger partial charge on any atom is -0.384 e. The number of nitrogen functional groups attached to an aromatic ring is 1. The van der Waals surface area contributed by atoms with Crippen LogP contribution in [-0.2, 0) is 13.5 Å². The molecule has 0 spiro atoms. The highest BCUT2D eigenvalue weighted by molar-refractivity contribution is 5.93. The SMILES string of the molecule is Cn1ccnc1CCNC(=O)c1ccc(N)nc1. The number of nitrogens with zero attached hydrogens (tertiary/aromatic N) is 3. The van der Waals surface area contributed by atoms with Crippen molar-refractivity contribution in [1.82, 2.24) is 19.9 Å². The lowest BCUT2D eigenvalue weighted by Crippen LogP contribution is -2.26. The summed E-state index contributed by atoms with van der Waals surface area (Å²) in [6.07, 6.45) is 5.77. The fourth-order valence-electron chi connectivity index (χ4n) is 1.57. The molecule has 94 valence electrons. The molecule has 3 N–H and O–H groups in total. The molecule has 6 heteroatoms. The second-order valence-corrected chi connectivity index (χ2v) is 3.93. The van der Waals surface area contributed by atoms with E-state index in [0.29, 0.717) is 24.3 Å². The highest BCUT2D eigenvalue weighted by atomic mass is 16.1. The molecule has 0 atom stereocenters. The summed E-state index contributed by atoms with van der Waals surface area (Å²) in [7, 11) is 1.92. The van der Waals surface area contributed by atoms with E-state index < -0.39 is 0 Å². The van der Waals surface area contributed by atoms with Crippen LogP contribution in [0, 0.1) is 0 Å². The van der Waals surface area contributed by atoms with Crippen molar-refractivity contribution in [1.29, 1.82) is 0 Å². The van der Waals surface area contributed by atoms with Crippen molar-refractivity contribution in [3.8, 4) is 0 Å². The van der Waals surface area contributed by atoms with Crippen LogP contribution in [-0.4, -0.2) is 27.0 Å². The Balaban J connectivity index is 1.85. The van der Waals surface area contributed by atoms with E-state index in [-0.39, 0.29) is 5.91 Å². The van der Waals surface area contributed by atoms with Crippen molar-refractivity contribution in [2.75, 3.05) is 12.3 Å². The van der Waals surface area contributed by atoms with Crippen LogP contribution >= 0.6 is 0 Å². The molecule has 6 nitrogen and oxygen atoms in total. The normalized spacial score (nSPS) is 10.3. The number of anilines is 1. The van der Waals surface area contributed by atoms with E-state index in [1.54, 1.807) is 18.3 Å². The average Bonchev–Trinajstić information content (AvgIpc) is 2.76. The van der Waals surface area contributed by atoms with Gasteiger partial charge < -0.3 is 15.6 Å². The number of carbonyl (C=O) groups is 1. The van der Waals surface area contributed by atoms with Crippen LogP contribution < -0.4 is 11.1 Å². The maximum atomic E-state index is 11.8. The maximum Gasteiger partial charge on any atom is 0.252 e. The van der Waals surface area contributed by atoms with Crippen LogP contribution in [0.2, 0.25) is 0 Å². The van der Waals surface area contributed by atoms with Crippen molar-refractivity contribution >= 4 is 11.7 Å². The molecule has 2 aromatic rings. The monoisotopic (exact) mass is 245 g/mol. The van der Waals surface area contributed by atoms with Gasteiger partial charge in [0.1, 0.15) is 11.6 Å². The summed E-state index contributed by atoms with van der Waals surface area (Å²) in [5.41, 5.74) is 5.96. The largest absolute Gasteiger partial charge is 0.384 e. The van der Waals surface area contributed by atoms with Crippen molar-refractivity contribution in [2.24, 2.45) is 7.05 Å². The second-order valence-electron chi connectivity index (χ2n) is 3.93. The van der Waals surface area contributed by atoms with E-state index in [1.165, 1.54) is 6.20 Å². The predicted octanol–water partition coefficient (Wildman–Crippen LogP) is 0.370. The third kappa shape index (κ3) is 2.85. The van der Waals surface area contributed by atoms with Crippen molar-refractivity contribution < 1.29 is 4.79 Å². The molecule has 0 radical (unpaired) electrons. The third-order valence-corrected chi connectivity index (χ3v) is 2.60. The van der Waals surface area contributed by atoms with Gasteiger partial charge in [0.25, 0.3) is 5.91 Å². The molecule has 1 amide bonds. The van der Waals surface area contributed by atoms with Gasteiger partial charge in [-0.15, -0.1) is 0 Å². The number of nitrogens with two attached hydrogens (primary N) is 1. The summed E-state index contributed by atoms with van der Waals surface area (Å²) in [5, 5.41) is 2.81. The zero-order valence-electron chi connectivity index (χ0n) is 10.1. The molecule has 2 rings (SSSR count). The molecular formula is C12H15N5O. The van der Waals surface area contributed by atoms with E-state index in [2.05, 4.69) is 15.3 Å². The summed E-state index contributed by atoms with van der Waals surface area (Å²) in [4.78, 5) is 19.8. The standard InChI is InChI=1S/C12H15N5O/c1-17-7-6-14-11(17)4-5-15-12(18)9-2-3-10(13)16-8-9/h2-3,6-8H,4-5H2,1H3,(H2,13,16)(H,15,18). The van der Waals surface area contributed by atoms with Gasteiger partial charge in [0, 0.05) is 38.6 Å². The van der Waals surface area contributed by atoms with Crippen LogP contribution in [0.25, 0.3) is 0 Å². The van der Waals surface area contributed by atoms with Crippen LogP contribution in [0.5, 0.6) is 0 Å². The maximum absolute atomic E-state index is 11.8. The van der Waals surface area contributed by atoms with Gasteiger partial charge in [-0.2, -0.15) is 0 Å². The lowest BCUT2D eigenvalue weighted by atomic mass is 10.2. The number of carbonyl (C=O) groups excluding carboxylic acids is 1. The summed E-state index contributed by atoms with van der Waals surface area (Å²) in [5.74, 6) is 1.18. The van der Waals surface area contributed by atoms with Crippen LogP contribution in [0.4, 0.5) is 5.82 Å². The van der Waals surface area contributed by atoms with Crippen molar-refractivity contribution in [3.63, 3.8) is 0 Å². The Morgan fingerprint density at radius 3 is 2.89 bits per heavy atom. The zero-order chi connectivity index (χ0) is 13.0. The first-order valence-electron chi connectivity index (χ1n) is 5.63. The molecule has 18 heavy (non-hydrogen) atoms. The molecule has 2 heterocycles. The number of pyridine rings is 1. The highest BCUT2D eigenvalue weighted by Crippen LogP contribution is 2.01. The van der Waals surface area contributed by atoms with Gasteiger partial charge in [0.15, 0.2) is 0 Å². The molecule has 0 aliphatic carbocycles. The Bertz CT molecular complexity index is 532. The summed E-state index contributed by atoms with van der Waals surface area (Å²) in [6.45, 7) is 0.536. The van der Waals surface area contributed by atoms with E-state index in [9.17, 15) is 4.79 Å². The van der Waals surface area contributed by atoms with E-state index >= 15 is 0 Å². The van der Waals surface area contributed by atoms with Crippen molar-refractivity contribution in [2.45, 2.75) is 6.42 Å². The summed E-state index contributed by atoms with van der Waals surface area (Å²) >= 11 is 0. The number of hydrogen-bond acceptors (Lipinski definition) is 4. The minimum atomic E-state index is -0.156. The van der Waals surface area contributed by atoms with Gasteiger partial charge in [-0.1, -0.05) is 0 Å². The first kappa shape index (κ1) is 12.1. The lowest BCUT2D eigenvalue weighted by Gasteiger charge is -2.05. The van der Waals surface area contributed by atoms with Gasteiger partial charge in [-0.3, -0.25) is 4.79 Å². The first-order valence-corrected chi connectivity index (χ1v) is 5.63. The van der Waals surface area contributed by atoms with Gasteiger partial charge in [0.2, 0.25) is 0 Å². The van der Waals surface area contributed by atoms with E-state index in [1.807, 2.05) is 17.8 Å². The second kappa shape index (κ2) is 5.31. The van der Waals surface area contributed by atoms with Gasteiger partial charge in [-0.25, -0.2) is 9.97 Å². The fourth-order valence-corrected chi connectivity index (χ4v) is 1.57. The number of imidazole rings is 1. The van der Waals surface area contributed by atoms with E-state index in [4.69, 9.17) is 5.73 Å². The fraction of sp³-hybridized carbons (Fsp3) is 0.250. The number of hydrogen-bond donors (Lipinski definition) is 2. The minimum absolute atomic E-state index is 0.156. The molecule has 0 bridgehead atoms. The molecule has 0 aromatic carbocycles. The lowest BCUT2D eigenvalue weighted by molar-refractivity contribution is 0.0953. The van der Waals surface area contributed by atoms with E-state index in [0.717, 1.165) is 5.82 Å². The van der Waals surface area contributed by atoms with Gasteiger partial charge in [0.05, 0.1) is 5.56 Å². The molecule has 2 aromatic heterocycles. The first-order chi connectivity index (χ1) is 8.66. The average molecular weight is 245 g/mol. The molecule has 0 saturated heterocycles. The molecule has 0 unspecified atom stereocenters. The smallest absolute Gasteiger partial charge is 0.252 e. The molecular weight excluding hydrogens is 230 g/mol.